The number of hydrogen-bond acceptors (Lipinski definition) is 6. The molecule has 0 unspecified atom stereocenters. The van der Waals surface area contributed by atoms with Crippen molar-refractivity contribution in [3.63, 3.8) is 0 Å². The Labute approximate surface area is 129 Å². The lowest BCUT2D eigenvalue weighted by Gasteiger charge is -2.36. The largest absolute Gasteiger partial charge is 0.385 e. The van der Waals surface area contributed by atoms with Crippen molar-refractivity contribution >= 4 is 22.6 Å². The van der Waals surface area contributed by atoms with Crippen LogP contribution < -0.4 is 4.90 Å². The fraction of sp³-hybridized carbons (Fsp3) is 0.786. The van der Waals surface area contributed by atoms with E-state index < -0.39 is 0 Å². The normalized spacial score (nSPS) is 20.7. The van der Waals surface area contributed by atoms with Crippen molar-refractivity contribution in [1.29, 1.82) is 0 Å². The summed E-state index contributed by atoms with van der Waals surface area (Å²) < 4.78 is 9.36. The zero-order valence-electron chi connectivity index (χ0n) is 12.7. The molecule has 1 aliphatic heterocycles. The summed E-state index contributed by atoms with van der Waals surface area (Å²) in [5.41, 5.74) is -0.114. The summed E-state index contributed by atoms with van der Waals surface area (Å²) in [6, 6.07) is 0. The highest BCUT2D eigenvalue weighted by molar-refractivity contribution is 7.09. The molecule has 1 aromatic rings. The molecule has 2 heterocycles. The van der Waals surface area contributed by atoms with Crippen molar-refractivity contribution in [1.82, 2.24) is 14.3 Å². The first-order chi connectivity index (χ1) is 10.1. The molecule has 3 rings (SSSR count). The molecule has 1 aliphatic carbocycles. The van der Waals surface area contributed by atoms with E-state index in [4.69, 9.17) is 4.74 Å². The number of carbonyl (C=O) groups is 1. The van der Waals surface area contributed by atoms with Gasteiger partial charge in [0.25, 0.3) is 0 Å². The van der Waals surface area contributed by atoms with Gasteiger partial charge in [0.2, 0.25) is 11.0 Å². The Morgan fingerprint density at radius 1 is 1.33 bits per heavy atom. The van der Waals surface area contributed by atoms with E-state index in [9.17, 15) is 4.79 Å². The zero-order valence-corrected chi connectivity index (χ0v) is 13.5. The molecule has 1 saturated carbocycles. The molecular formula is C14H22N4O2S. The molecule has 2 fully saturated rings. The van der Waals surface area contributed by atoms with Gasteiger partial charge in [0.15, 0.2) is 0 Å². The first-order valence-corrected chi connectivity index (χ1v) is 8.25. The maximum atomic E-state index is 12.7. The molecule has 0 atom stereocenters. The Hall–Kier alpha value is -1.21. The van der Waals surface area contributed by atoms with Crippen LogP contribution in [0.2, 0.25) is 0 Å². The molecule has 0 bridgehead atoms. The molecule has 1 amide bonds. The first-order valence-electron chi connectivity index (χ1n) is 7.48. The number of anilines is 1. The molecule has 0 N–H and O–H groups in total. The quantitative estimate of drug-likeness (QED) is 0.821. The topological polar surface area (TPSA) is 58.6 Å². The maximum Gasteiger partial charge on any atom is 0.228 e. The van der Waals surface area contributed by atoms with E-state index in [0.717, 1.165) is 56.4 Å². The molecule has 1 aromatic heterocycles. The highest BCUT2D eigenvalue weighted by Crippen LogP contribution is 2.50. The summed E-state index contributed by atoms with van der Waals surface area (Å²) in [7, 11) is 1.70. The minimum Gasteiger partial charge on any atom is -0.385 e. The van der Waals surface area contributed by atoms with Crippen molar-refractivity contribution in [2.24, 2.45) is 5.41 Å². The third kappa shape index (κ3) is 3.03. The Kier molecular flexibility index (Phi) is 4.12. The number of aryl methyl sites for hydroxylation is 1. The summed E-state index contributed by atoms with van der Waals surface area (Å²) in [6.07, 6.45) is 2.90. The Morgan fingerprint density at radius 3 is 2.57 bits per heavy atom. The van der Waals surface area contributed by atoms with Crippen molar-refractivity contribution < 1.29 is 9.53 Å². The van der Waals surface area contributed by atoms with Crippen LogP contribution in [-0.4, -0.2) is 60.1 Å². The van der Waals surface area contributed by atoms with Crippen LogP contribution in [0.25, 0.3) is 0 Å². The lowest BCUT2D eigenvalue weighted by atomic mass is 10.0. The third-order valence-electron chi connectivity index (χ3n) is 4.45. The fourth-order valence-electron chi connectivity index (χ4n) is 2.87. The van der Waals surface area contributed by atoms with Crippen LogP contribution in [0, 0.1) is 12.3 Å². The average molecular weight is 310 g/mol. The van der Waals surface area contributed by atoms with Gasteiger partial charge in [-0.3, -0.25) is 4.79 Å². The predicted molar refractivity (Wildman–Crippen MR) is 81.6 cm³/mol. The molecule has 6 nitrogen and oxygen atoms in total. The van der Waals surface area contributed by atoms with Gasteiger partial charge in [-0.2, -0.15) is 4.37 Å². The molecule has 0 aromatic carbocycles. The number of hydrogen-bond donors (Lipinski definition) is 0. The van der Waals surface area contributed by atoms with Crippen molar-refractivity contribution in [3.8, 4) is 0 Å². The summed E-state index contributed by atoms with van der Waals surface area (Å²) in [5.74, 6) is 1.15. The molecule has 7 heteroatoms. The van der Waals surface area contributed by atoms with Crippen LogP contribution in [0.4, 0.5) is 5.13 Å². The van der Waals surface area contributed by atoms with E-state index in [1.165, 1.54) is 11.5 Å². The third-order valence-corrected chi connectivity index (χ3v) is 5.31. The smallest absolute Gasteiger partial charge is 0.228 e. The van der Waals surface area contributed by atoms with Gasteiger partial charge in [-0.05, 0) is 26.2 Å². The van der Waals surface area contributed by atoms with Crippen LogP contribution in [-0.2, 0) is 9.53 Å². The highest BCUT2D eigenvalue weighted by atomic mass is 32.1. The van der Waals surface area contributed by atoms with E-state index in [-0.39, 0.29) is 5.41 Å². The van der Waals surface area contributed by atoms with Gasteiger partial charge >= 0.3 is 0 Å². The minimum absolute atomic E-state index is 0.114. The Bertz CT molecular complexity index is 507. The maximum absolute atomic E-state index is 12.7. The van der Waals surface area contributed by atoms with Crippen LogP contribution in [0.15, 0.2) is 0 Å². The number of nitrogens with zero attached hydrogens (tertiary/aromatic N) is 4. The minimum atomic E-state index is -0.114. The van der Waals surface area contributed by atoms with Gasteiger partial charge in [-0.25, -0.2) is 4.98 Å². The van der Waals surface area contributed by atoms with Crippen LogP contribution in [0.3, 0.4) is 0 Å². The van der Waals surface area contributed by atoms with Crippen LogP contribution >= 0.6 is 11.5 Å². The van der Waals surface area contributed by atoms with E-state index in [1.807, 2.05) is 11.8 Å². The first kappa shape index (κ1) is 14.7. The molecule has 2 aliphatic rings. The summed E-state index contributed by atoms with van der Waals surface area (Å²) in [5, 5.41) is 0.972. The van der Waals surface area contributed by atoms with Gasteiger partial charge < -0.3 is 14.5 Å². The van der Waals surface area contributed by atoms with Crippen molar-refractivity contribution in [3.05, 3.63) is 5.82 Å². The second-order valence-electron chi connectivity index (χ2n) is 5.93. The van der Waals surface area contributed by atoms with E-state index in [2.05, 4.69) is 14.3 Å². The second kappa shape index (κ2) is 5.88. The van der Waals surface area contributed by atoms with Crippen molar-refractivity contribution in [2.75, 3.05) is 44.8 Å². The molecule has 0 spiro atoms. The number of aromatic nitrogens is 2. The highest BCUT2D eigenvalue weighted by Gasteiger charge is 2.51. The van der Waals surface area contributed by atoms with Crippen molar-refractivity contribution in [2.45, 2.75) is 26.2 Å². The SMILES string of the molecule is COCCC1(C(=O)N2CCN(c3nc(C)ns3)CC2)CC1. The second-order valence-corrected chi connectivity index (χ2v) is 6.66. The molecule has 1 saturated heterocycles. The number of piperazine rings is 1. The Balaban J connectivity index is 1.55. The predicted octanol–water partition coefficient (Wildman–Crippen LogP) is 1.31. The number of carbonyl (C=O) groups excluding carboxylic acids is 1. The molecule has 116 valence electrons. The lowest BCUT2D eigenvalue weighted by molar-refractivity contribution is -0.138. The van der Waals surface area contributed by atoms with Gasteiger partial charge in [0.1, 0.15) is 5.82 Å². The van der Waals surface area contributed by atoms with Gasteiger partial charge in [0, 0.05) is 51.4 Å². The summed E-state index contributed by atoms with van der Waals surface area (Å²) in [6.45, 7) is 5.85. The molecular weight excluding hydrogens is 288 g/mol. The summed E-state index contributed by atoms with van der Waals surface area (Å²) >= 11 is 1.44. The van der Waals surface area contributed by atoms with Gasteiger partial charge in [-0.1, -0.05) is 0 Å². The standard InChI is InChI=1S/C14H22N4O2S/c1-11-15-13(21-16-11)18-8-6-17(7-9-18)12(19)14(3-4-14)5-10-20-2/h3-10H2,1-2H3. The van der Waals surface area contributed by atoms with Gasteiger partial charge in [0.05, 0.1) is 5.41 Å². The lowest BCUT2D eigenvalue weighted by Crippen LogP contribution is -2.51. The van der Waals surface area contributed by atoms with Gasteiger partial charge in [-0.15, -0.1) is 0 Å². The monoisotopic (exact) mass is 310 g/mol. The average Bonchev–Trinajstić information content (AvgIpc) is 3.18. The molecule has 0 radical (unpaired) electrons. The number of methoxy groups -OCH3 is 1. The van der Waals surface area contributed by atoms with E-state index >= 15 is 0 Å². The number of rotatable bonds is 5. The fourth-order valence-corrected chi connectivity index (χ4v) is 3.60. The number of ether oxygens (including phenoxy) is 1. The van der Waals surface area contributed by atoms with Crippen LogP contribution in [0.1, 0.15) is 25.1 Å². The molecule has 21 heavy (non-hydrogen) atoms. The van der Waals surface area contributed by atoms with E-state index in [0.29, 0.717) is 12.5 Å². The van der Waals surface area contributed by atoms with E-state index in [1.54, 1.807) is 7.11 Å². The summed E-state index contributed by atoms with van der Waals surface area (Å²) in [4.78, 5) is 21.3. The number of amides is 1. The van der Waals surface area contributed by atoms with Crippen LogP contribution in [0.5, 0.6) is 0 Å². The Morgan fingerprint density at radius 2 is 2.05 bits per heavy atom. The zero-order chi connectivity index (χ0) is 14.9.